The Morgan fingerprint density at radius 2 is 1.47 bits per heavy atom. The summed E-state index contributed by atoms with van der Waals surface area (Å²) < 4.78 is 0. The van der Waals surface area contributed by atoms with Crippen LogP contribution in [0.1, 0.15) is 39.5 Å². The van der Waals surface area contributed by atoms with Gasteiger partial charge in [0.25, 0.3) is 0 Å². The third-order valence-corrected chi connectivity index (χ3v) is 4.17. The van der Waals surface area contributed by atoms with Crippen LogP contribution >= 0.6 is 0 Å². The molecule has 0 bridgehead atoms. The molecule has 0 radical (unpaired) electrons. The number of nitrogens with one attached hydrogen (secondary N) is 3. The number of aliphatic hydroxyl groups is 1. The summed E-state index contributed by atoms with van der Waals surface area (Å²) >= 11 is 0. The maximum Gasteiger partial charge on any atom is 0.326 e. The van der Waals surface area contributed by atoms with Gasteiger partial charge in [0.1, 0.15) is 24.2 Å². The highest BCUT2D eigenvalue weighted by atomic mass is 16.4. The summed E-state index contributed by atoms with van der Waals surface area (Å²) in [7, 11) is 0. The molecule has 4 amide bonds. The van der Waals surface area contributed by atoms with E-state index in [0.29, 0.717) is 19.4 Å². The molecule has 0 aromatic heterocycles. The molecule has 0 fully saturated rings. The van der Waals surface area contributed by atoms with Crippen molar-refractivity contribution in [2.75, 3.05) is 6.54 Å². The molecule has 0 aromatic carbocycles. The molecule has 172 valence electrons. The normalized spacial score (nSPS) is 15.8. The number of amides is 4. The van der Waals surface area contributed by atoms with E-state index in [-0.39, 0.29) is 6.42 Å². The molecule has 0 saturated heterocycles. The fraction of sp³-hybridized carbons (Fsp3) is 0.706. The van der Waals surface area contributed by atoms with E-state index in [1.807, 2.05) is 0 Å². The van der Waals surface area contributed by atoms with Crippen molar-refractivity contribution in [2.24, 2.45) is 17.2 Å². The van der Waals surface area contributed by atoms with Gasteiger partial charge in [-0.15, -0.1) is 0 Å². The second-order valence-electron chi connectivity index (χ2n) is 6.91. The number of carbonyl (C=O) groups is 5. The Morgan fingerprint density at radius 1 is 0.900 bits per heavy atom. The maximum atomic E-state index is 12.4. The minimum Gasteiger partial charge on any atom is -0.480 e. The van der Waals surface area contributed by atoms with Crippen molar-refractivity contribution in [2.45, 2.75) is 69.8 Å². The highest BCUT2D eigenvalue weighted by Gasteiger charge is 2.30. The van der Waals surface area contributed by atoms with E-state index in [2.05, 4.69) is 16.0 Å². The number of carbonyl (C=O) groups excluding carboxylic acids is 4. The molecule has 5 unspecified atom stereocenters. The lowest BCUT2D eigenvalue weighted by atomic mass is 10.1. The second-order valence-corrected chi connectivity index (χ2v) is 6.91. The van der Waals surface area contributed by atoms with E-state index in [1.165, 1.54) is 13.8 Å². The number of carboxylic acid groups (broad SMARTS) is 1. The highest BCUT2D eigenvalue weighted by Crippen LogP contribution is 2.02. The van der Waals surface area contributed by atoms with E-state index in [0.717, 1.165) is 0 Å². The smallest absolute Gasteiger partial charge is 0.326 e. The van der Waals surface area contributed by atoms with Crippen LogP contribution in [-0.2, 0) is 24.0 Å². The van der Waals surface area contributed by atoms with Crippen LogP contribution in [0.3, 0.4) is 0 Å². The molecule has 11 N–H and O–H groups in total. The predicted molar refractivity (Wildman–Crippen MR) is 105 cm³/mol. The number of hydrogen-bond acceptors (Lipinski definition) is 8. The first kappa shape index (κ1) is 27.2. The Labute approximate surface area is 174 Å². The topological polar surface area (TPSA) is 240 Å². The number of primary amides is 1. The SMILES string of the molecule is CC(NC(=O)C(CC(N)=O)NC(=O)C(N)C(C)O)C(=O)NC(CCCCN)C(=O)O. The fourth-order valence-electron chi connectivity index (χ4n) is 2.32. The van der Waals surface area contributed by atoms with Crippen molar-refractivity contribution < 1.29 is 34.2 Å². The van der Waals surface area contributed by atoms with Crippen LogP contribution < -0.4 is 33.2 Å². The minimum absolute atomic E-state index is 0.163. The summed E-state index contributed by atoms with van der Waals surface area (Å²) in [6.07, 6.45) is -0.537. The first-order chi connectivity index (χ1) is 13.9. The second kappa shape index (κ2) is 13.5. The Bertz CT molecular complexity index is 628. The third-order valence-electron chi connectivity index (χ3n) is 4.17. The van der Waals surface area contributed by atoms with Crippen molar-refractivity contribution in [3.63, 3.8) is 0 Å². The highest BCUT2D eigenvalue weighted by molar-refractivity contribution is 5.96. The van der Waals surface area contributed by atoms with Crippen LogP contribution in [0, 0.1) is 0 Å². The zero-order valence-corrected chi connectivity index (χ0v) is 17.1. The Balaban J connectivity index is 5.02. The molecule has 0 heterocycles. The van der Waals surface area contributed by atoms with Crippen molar-refractivity contribution in [3.05, 3.63) is 0 Å². The fourth-order valence-corrected chi connectivity index (χ4v) is 2.32. The van der Waals surface area contributed by atoms with Gasteiger partial charge >= 0.3 is 5.97 Å². The molecule has 0 rings (SSSR count). The Morgan fingerprint density at radius 3 is 1.93 bits per heavy atom. The van der Waals surface area contributed by atoms with Crippen LogP contribution in [0.5, 0.6) is 0 Å². The van der Waals surface area contributed by atoms with Gasteiger partial charge in [0, 0.05) is 0 Å². The van der Waals surface area contributed by atoms with Crippen LogP contribution in [0.4, 0.5) is 0 Å². The minimum atomic E-state index is -1.44. The summed E-state index contributed by atoms with van der Waals surface area (Å²) in [5.74, 6) is -4.70. The lowest BCUT2D eigenvalue weighted by molar-refractivity contribution is -0.142. The van der Waals surface area contributed by atoms with Crippen LogP contribution in [0.25, 0.3) is 0 Å². The van der Waals surface area contributed by atoms with Gasteiger partial charge in [0.2, 0.25) is 23.6 Å². The van der Waals surface area contributed by atoms with Crippen LogP contribution in [0.15, 0.2) is 0 Å². The summed E-state index contributed by atoms with van der Waals surface area (Å²) in [6.45, 7) is 2.96. The first-order valence-electron chi connectivity index (χ1n) is 9.46. The Hall–Kier alpha value is -2.77. The molecule has 5 atom stereocenters. The molecule has 0 spiro atoms. The van der Waals surface area contributed by atoms with Crippen molar-refractivity contribution in [1.82, 2.24) is 16.0 Å². The van der Waals surface area contributed by atoms with Gasteiger partial charge in [-0.25, -0.2) is 4.79 Å². The van der Waals surface area contributed by atoms with Gasteiger partial charge in [0.15, 0.2) is 0 Å². The standard InChI is InChI=1S/C17H32N6O7/c1-8(14(26)22-10(17(29)30)5-3-4-6-18)21-15(27)11(7-12(19)25)23-16(28)13(20)9(2)24/h8-11,13,24H,3-7,18,20H2,1-2H3,(H2,19,25)(H,21,27)(H,22,26)(H,23,28)(H,29,30). The quantitative estimate of drug-likeness (QED) is 0.126. The largest absolute Gasteiger partial charge is 0.480 e. The summed E-state index contributed by atoms with van der Waals surface area (Å²) in [5.41, 5.74) is 15.9. The molecule has 30 heavy (non-hydrogen) atoms. The van der Waals surface area contributed by atoms with Gasteiger partial charge in [-0.3, -0.25) is 19.2 Å². The lowest BCUT2D eigenvalue weighted by Gasteiger charge is -2.23. The third kappa shape index (κ3) is 10.1. The molecule has 0 aromatic rings. The number of carboxylic acids is 1. The number of unbranched alkanes of at least 4 members (excludes halogenated alkanes) is 1. The van der Waals surface area contributed by atoms with Crippen molar-refractivity contribution >= 4 is 29.6 Å². The molecule has 0 aliphatic heterocycles. The van der Waals surface area contributed by atoms with Gasteiger partial charge in [-0.1, -0.05) is 0 Å². The first-order valence-corrected chi connectivity index (χ1v) is 9.46. The van der Waals surface area contributed by atoms with E-state index in [4.69, 9.17) is 17.2 Å². The van der Waals surface area contributed by atoms with E-state index in [1.54, 1.807) is 0 Å². The maximum absolute atomic E-state index is 12.4. The van der Waals surface area contributed by atoms with Gasteiger partial charge in [-0.2, -0.15) is 0 Å². The molecule has 13 nitrogen and oxygen atoms in total. The average Bonchev–Trinajstić information content (AvgIpc) is 2.65. The summed E-state index contributed by atoms with van der Waals surface area (Å²) in [6, 6.07) is -5.12. The van der Waals surface area contributed by atoms with Crippen molar-refractivity contribution in [3.8, 4) is 0 Å². The molecular weight excluding hydrogens is 400 g/mol. The van der Waals surface area contributed by atoms with Gasteiger partial charge in [-0.05, 0) is 39.7 Å². The number of aliphatic carboxylic acids is 1. The van der Waals surface area contributed by atoms with E-state index in [9.17, 15) is 34.2 Å². The average molecular weight is 432 g/mol. The molecule has 13 heteroatoms. The number of hydrogen-bond donors (Lipinski definition) is 8. The van der Waals surface area contributed by atoms with Crippen molar-refractivity contribution in [1.29, 1.82) is 0 Å². The van der Waals surface area contributed by atoms with Gasteiger partial charge in [0.05, 0.1) is 12.5 Å². The number of nitrogens with two attached hydrogens (primary N) is 3. The molecule has 0 saturated carbocycles. The zero-order chi connectivity index (χ0) is 23.4. The van der Waals surface area contributed by atoms with Crippen LogP contribution in [-0.4, -0.2) is 76.6 Å². The zero-order valence-electron chi connectivity index (χ0n) is 17.1. The number of rotatable bonds is 14. The number of aliphatic hydroxyl groups excluding tert-OH is 1. The van der Waals surface area contributed by atoms with Crippen LogP contribution in [0.2, 0.25) is 0 Å². The lowest BCUT2D eigenvalue weighted by Crippen LogP contribution is -2.58. The predicted octanol–water partition coefficient (Wildman–Crippen LogP) is -3.74. The molecule has 0 aliphatic rings. The monoisotopic (exact) mass is 432 g/mol. The van der Waals surface area contributed by atoms with Gasteiger partial charge < -0.3 is 43.4 Å². The Kier molecular flexibility index (Phi) is 12.2. The molecular formula is C17H32N6O7. The molecule has 0 aliphatic carbocycles. The summed E-state index contributed by atoms with van der Waals surface area (Å²) in [5, 5.41) is 25.3. The van der Waals surface area contributed by atoms with E-state index >= 15 is 0 Å². The summed E-state index contributed by atoms with van der Waals surface area (Å²) in [4.78, 5) is 59.1. The van der Waals surface area contributed by atoms with E-state index < -0.39 is 66.3 Å².